The highest BCUT2D eigenvalue weighted by Crippen LogP contribution is 2.35. The number of anilines is 1. The zero-order chi connectivity index (χ0) is 20.6. The smallest absolute Gasteiger partial charge is 0.338 e. The molecule has 0 saturated heterocycles. The summed E-state index contributed by atoms with van der Waals surface area (Å²) in [4.78, 5) is 12.0. The van der Waals surface area contributed by atoms with Crippen LogP contribution in [0.25, 0.3) is 5.57 Å². The van der Waals surface area contributed by atoms with E-state index in [1.54, 1.807) is 12.1 Å². The van der Waals surface area contributed by atoms with E-state index in [0.29, 0.717) is 21.5 Å². The lowest BCUT2D eigenvalue weighted by atomic mass is 10.1. The Hall–Kier alpha value is -3.71. The molecule has 10 heteroatoms. The quantitative estimate of drug-likeness (QED) is 0.411. The molecule has 0 aliphatic rings. The van der Waals surface area contributed by atoms with Crippen LogP contribution in [-0.2, 0) is 11.3 Å². The molecule has 2 N–H and O–H groups in total. The molecule has 0 radical (unpaired) electrons. The van der Waals surface area contributed by atoms with E-state index in [0.717, 1.165) is 5.56 Å². The van der Waals surface area contributed by atoms with Gasteiger partial charge in [0.05, 0.1) is 18.4 Å². The van der Waals surface area contributed by atoms with Gasteiger partial charge in [-0.2, -0.15) is 10.5 Å². The van der Waals surface area contributed by atoms with Crippen molar-refractivity contribution in [3.8, 4) is 11.8 Å². The second-order valence-electron chi connectivity index (χ2n) is 5.65. The van der Waals surface area contributed by atoms with Gasteiger partial charge < -0.3 is 14.8 Å². The molecule has 0 atom stereocenters. The third kappa shape index (κ3) is 4.97. The highest BCUT2D eigenvalue weighted by atomic mass is 79.9. The molecule has 29 heavy (non-hydrogen) atoms. The maximum atomic E-state index is 12.0. The van der Waals surface area contributed by atoms with Gasteiger partial charge in [-0.05, 0) is 38.8 Å². The number of hydrogen-bond donors (Lipinski definition) is 2. The third-order valence-electron chi connectivity index (χ3n) is 3.78. The summed E-state index contributed by atoms with van der Waals surface area (Å²) < 4.78 is 11.3. The van der Waals surface area contributed by atoms with Gasteiger partial charge in [-0.1, -0.05) is 30.3 Å². The SMILES string of the molecule is COC(=O)c1cc(Br)c(NC=C(C#N)c2nn[nH]n2)c(OCc2ccccc2)c1. The van der Waals surface area contributed by atoms with E-state index in [1.165, 1.54) is 13.3 Å². The first-order chi connectivity index (χ1) is 14.1. The number of aromatic amines is 1. The third-order valence-corrected chi connectivity index (χ3v) is 4.41. The molecular formula is C19H15BrN6O3. The van der Waals surface area contributed by atoms with Crippen LogP contribution in [0.15, 0.2) is 53.1 Å². The molecule has 3 aromatic rings. The number of carbonyl (C=O) groups excluding carboxylic acids is 1. The van der Waals surface area contributed by atoms with E-state index in [4.69, 9.17) is 9.47 Å². The maximum Gasteiger partial charge on any atom is 0.338 e. The fourth-order valence-corrected chi connectivity index (χ4v) is 2.93. The predicted molar refractivity (Wildman–Crippen MR) is 108 cm³/mol. The zero-order valence-electron chi connectivity index (χ0n) is 15.2. The van der Waals surface area contributed by atoms with Gasteiger partial charge in [0.2, 0.25) is 5.82 Å². The topological polar surface area (TPSA) is 126 Å². The monoisotopic (exact) mass is 454 g/mol. The number of benzene rings is 2. The number of methoxy groups -OCH3 is 1. The number of rotatable bonds is 7. The summed E-state index contributed by atoms with van der Waals surface area (Å²) in [6.07, 6.45) is 1.43. The zero-order valence-corrected chi connectivity index (χ0v) is 16.8. The van der Waals surface area contributed by atoms with E-state index in [-0.39, 0.29) is 18.0 Å². The number of aromatic nitrogens is 4. The van der Waals surface area contributed by atoms with Gasteiger partial charge in [0, 0.05) is 10.7 Å². The normalized spacial score (nSPS) is 10.9. The van der Waals surface area contributed by atoms with Crippen molar-refractivity contribution in [3.05, 3.63) is 70.1 Å². The lowest BCUT2D eigenvalue weighted by molar-refractivity contribution is 0.0600. The van der Waals surface area contributed by atoms with Crippen molar-refractivity contribution < 1.29 is 14.3 Å². The van der Waals surface area contributed by atoms with Gasteiger partial charge >= 0.3 is 5.97 Å². The van der Waals surface area contributed by atoms with Gasteiger partial charge in [0.25, 0.3) is 0 Å². The number of nitrogens with zero attached hydrogens (tertiary/aromatic N) is 4. The number of esters is 1. The van der Waals surface area contributed by atoms with E-state index in [2.05, 4.69) is 41.9 Å². The van der Waals surface area contributed by atoms with Crippen LogP contribution in [0.3, 0.4) is 0 Å². The number of ether oxygens (including phenoxy) is 2. The van der Waals surface area contributed by atoms with Gasteiger partial charge in [-0.25, -0.2) is 4.79 Å². The molecule has 9 nitrogen and oxygen atoms in total. The number of H-pyrrole nitrogens is 1. The minimum atomic E-state index is -0.498. The Morgan fingerprint density at radius 3 is 2.79 bits per heavy atom. The second kappa shape index (κ2) is 9.48. The summed E-state index contributed by atoms with van der Waals surface area (Å²) in [6, 6.07) is 14.7. The Kier molecular flexibility index (Phi) is 6.55. The average molecular weight is 455 g/mol. The second-order valence-corrected chi connectivity index (χ2v) is 6.50. The van der Waals surface area contributed by atoms with Crippen LogP contribution < -0.4 is 10.1 Å². The van der Waals surface area contributed by atoms with E-state index >= 15 is 0 Å². The first-order valence-electron chi connectivity index (χ1n) is 8.31. The Labute approximate surface area is 174 Å². The van der Waals surface area contributed by atoms with Crippen LogP contribution in [0, 0.1) is 11.3 Å². The van der Waals surface area contributed by atoms with Crippen LogP contribution in [0.1, 0.15) is 21.7 Å². The van der Waals surface area contributed by atoms with Crippen LogP contribution in [0.2, 0.25) is 0 Å². The molecule has 146 valence electrons. The molecular weight excluding hydrogens is 440 g/mol. The summed E-state index contributed by atoms with van der Waals surface area (Å²) in [5.74, 6) is 0.0428. The maximum absolute atomic E-state index is 12.0. The number of allylic oxidation sites excluding steroid dienone is 1. The molecule has 0 bridgehead atoms. The van der Waals surface area contributed by atoms with Crippen molar-refractivity contribution >= 4 is 33.2 Å². The molecule has 1 aromatic heterocycles. The number of nitrogens with one attached hydrogen (secondary N) is 2. The summed E-state index contributed by atoms with van der Waals surface area (Å²) in [5.41, 5.74) is 1.95. The van der Waals surface area contributed by atoms with E-state index < -0.39 is 5.97 Å². The van der Waals surface area contributed by atoms with Crippen LogP contribution >= 0.6 is 15.9 Å². The van der Waals surface area contributed by atoms with Gasteiger partial charge in [0.15, 0.2) is 0 Å². The van der Waals surface area contributed by atoms with Crippen molar-refractivity contribution in [2.45, 2.75) is 6.61 Å². The molecule has 0 spiro atoms. The number of tetrazole rings is 1. The number of carbonyl (C=O) groups is 1. The van der Waals surface area contributed by atoms with E-state index in [9.17, 15) is 10.1 Å². The molecule has 0 saturated carbocycles. The van der Waals surface area contributed by atoms with Crippen molar-refractivity contribution in [1.82, 2.24) is 20.6 Å². The minimum Gasteiger partial charge on any atom is -0.487 e. The molecule has 3 rings (SSSR count). The van der Waals surface area contributed by atoms with E-state index in [1.807, 2.05) is 36.4 Å². The summed E-state index contributed by atoms with van der Waals surface area (Å²) in [5, 5.41) is 25.7. The summed E-state index contributed by atoms with van der Waals surface area (Å²) >= 11 is 3.43. The average Bonchev–Trinajstić information content (AvgIpc) is 3.28. The fraction of sp³-hybridized carbons (Fsp3) is 0.105. The molecule has 0 unspecified atom stereocenters. The minimum absolute atomic E-state index is 0.147. The lowest BCUT2D eigenvalue weighted by Gasteiger charge is -2.15. The van der Waals surface area contributed by atoms with Crippen LogP contribution in [0.5, 0.6) is 5.75 Å². The largest absolute Gasteiger partial charge is 0.487 e. The predicted octanol–water partition coefficient (Wildman–Crippen LogP) is 3.30. The first kappa shape index (κ1) is 20.0. The van der Waals surface area contributed by atoms with Gasteiger partial charge in [-0.15, -0.1) is 10.2 Å². The molecule has 0 aliphatic heterocycles. The van der Waals surface area contributed by atoms with Crippen molar-refractivity contribution in [3.63, 3.8) is 0 Å². The standard InChI is InChI=1S/C19H15BrN6O3/c1-28-19(27)13-7-15(20)17(22-10-14(9-21)18-23-25-26-24-18)16(8-13)29-11-12-5-3-2-4-6-12/h2-8,10,22H,11H2,1H3,(H,23,24,25,26). The van der Waals surface area contributed by atoms with Crippen molar-refractivity contribution in [2.75, 3.05) is 12.4 Å². The van der Waals surface area contributed by atoms with Crippen molar-refractivity contribution in [2.24, 2.45) is 0 Å². The van der Waals surface area contributed by atoms with Crippen LogP contribution in [0.4, 0.5) is 5.69 Å². The molecule has 0 amide bonds. The van der Waals surface area contributed by atoms with Gasteiger partial charge in [-0.3, -0.25) is 0 Å². The van der Waals surface area contributed by atoms with Crippen molar-refractivity contribution in [1.29, 1.82) is 5.26 Å². The number of nitriles is 1. The van der Waals surface area contributed by atoms with Crippen LogP contribution in [-0.4, -0.2) is 33.7 Å². The highest BCUT2D eigenvalue weighted by molar-refractivity contribution is 9.10. The molecule has 2 aromatic carbocycles. The highest BCUT2D eigenvalue weighted by Gasteiger charge is 2.16. The number of hydrogen-bond acceptors (Lipinski definition) is 8. The molecule has 1 heterocycles. The fourth-order valence-electron chi connectivity index (χ4n) is 2.37. The lowest BCUT2D eigenvalue weighted by Crippen LogP contribution is -2.05. The summed E-state index contributed by atoms with van der Waals surface area (Å²) in [6.45, 7) is 0.284. The first-order valence-corrected chi connectivity index (χ1v) is 9.11. The molecule has 0 aliphatic carbocycles. The Bertz CT molecular complexity index is 1060. The Morgan fingerprint density at radius 2 is 2.14 bits per heavy atom. The summed E-state index contributed by atoms with van der Waals surface area (Å²) in [7, 11) is 1.31. The van der Waals surface area contributed by atoms with Gasteiger partial charge in [0.1, 0.15) is 24.0 Å². The Balaban J connectivity index is 1.93. The Morgan fingerprint density at radius 1 is 1.34 bits per heavy atom. The number of halogens is 1. The molecule has 0 fully saturated rings.